The summed E-state index contributed by atoms with van der Waals surface area (Å²) in [6.45, 7) is 6.56. The van der Waals surface area contributed by atoms with Crippen molar-refractivity contribution < 1.29 is 0 Å². The van der Waals surface area contributed by atoms with E-state index in [9.17, 15) is 0 Å². The third-order valence-corrected chi connectivity index (χ3v) is 4.01. The van der Waals surface area contributed by atoms with Crippen molar-refractivity contribution in [3.8, 4) is 0 Å². The predicted molar refractivity (Wildman–Crippen MR) is 90.5 cm³/mol. The van der Waals surface area contributed by atoms with Crippen molar-refractivity contribution in [2.24, 2.45) is 0 Å². The Hall–Kier alpha value is -1.54. The molecule has 0 fully saturated rings. The van der Waals surface area contributed by atoms with Crippen LogP contribution in [0.3, 0.4) is 0 Å². The molecule has 0 saturated carbocycles. The highest BCUT2D eigenvalue weighted by atomic mass is 15.0. The molecule has 1 aromatic heterocycles. The summed E-state index contributed by atoms with van der Waals surface area (Å²) in [6.07, 6.45) is 9.34. The van der Waals surface area contributed by atoms with Crippen molar-refractivity contribution in [1.29, 1.82) is 0 Å². The zero-order valence-electron chi connectivity index (χ0n) is 13.4. The number of nitrogens with zero attached hydrogens (tertiary/aromatic N) is 1. The smallest absolute Gasteiger partial charge is 0.0332 e. The number of nitrogens with one attached hydrogen (secondary N) is 1. The summed E-state index contributed by atoms with van der Waals surface area (Å²) in [5, 5.41) is 3.54. The molecule has 0 radical (unpaired) electrons. The Morgan fingerprint density at radius 1 is 1.05 bits per heavy atom. The first-order valence-electron chi connectivity index (χ1n) is 8.26. The highest BCUT2D eigenvalue weighted by Gasteiger charge is 2.08. The van der Waals surface area contributed by atoms with Crippen LogP contribution in [0.2, 0.25) is 0 Å². The number of unbranched alkanes of at least 4 members (excludes halogenated alkanes) is 1. The fourth-order valence-corrected chi connectivity index (χ4v) is 2.82. The minimum Gasteiger partial charge on any atom is -0.354 e. The van der Waals surface area contributed by atoms with Gasteiger partial charge in [-0.2, -0.15) is 0 Å². The van der Waals surface area contributed by atoms with Crippen LogP contribution in [0.25, 0.3) is 0 Å². The van der Waals surface area contributed by atoms with Gasteiger partial charge in [-0.15, -0.1) is 0 Å². The van der Waals surface area contributed by atoms with E-state index >= 15 is 0 Å². The molecule has 2 rings (SSSR count). The van der Waals surface area contributed by atoms with Gasteiger partial charge in [0.15, 0.2) is 0 Å². The molecule has 1 N–H and O–H groups in total. The normalized spacial score (nSPS) is 12.5. The van der Waals surface area contributed by atoms with E-state index in [2.05, 4.69) is 72.5 Å². The summed E-state index contributed by atoms with van der Waals surface area (Å²) < 4.78 is 2.33. The van der Waals surface area contributed by atoms with Gasteiger partial charge in [0, 0.05) is 25.0 Å². The molecule has 2 aromatic rings. The zero-order chi connectivity index (χ0) is 14.9. The van der Waals surface area contributed by atoms with Crippen molar-refractivity contribution in [2.45, 2.75) is 52.1 Å². The largest absolute Gasteiger partial charge is 0.354 e. The van der Waals surface area contributed by atoms with E-state index in [4.69, 9.17) is 0 Å². The molecule has 0 spiro atoms. The minimum absolute atomic E-state index is 0.501. The van der Waals surface area contributed by atoms with Crippen LogP contribution in [0.1, 0.15) is 50.3 Å². The number of aromatic nitrogens is 1. The van der Waals surface area contributed by atoms with Crippen LogP contribution in [0.5, 0.6) is 0 Å². The highest BCUT2D eigenvalue weighted by Crippen LogP contribution is 2.17. The highest BCUT2D eigenvalue weighted by molar-refractivity contribution is 5.16. The van der Waals surface area contributed by atoms with Crippen LogP contribution in [0.4, 0.5) is 0 Å². The molecule has 1 atom stereocenters. The fraction of sp³-hybridized carbons (Fsp3) is 0.474. The van der Waals surface area contributed by atoms with Gasteiger partial charge >= 0.3 is 0 Å². The second-order valence-electron chi connectivity index (χ2n) is 5.64. The van der Waals surface area contributed by atoms with Gasteiger partial charge in [-0.3, -0.25) is 0 Å². The molecular weight excluding hydrogens is 256 g/mol. The third kappa shape index (κ3) is 5.05. The SMILES string of the molecule is CCNC(CC)c1ccn(CCCCc2ccccc2)c1. The molecule has 114 valence electrons. The van der Waals surface area contributed by atoms with Gasteiger partial charge in [0.2, 0.25) is 0 Å². The summed E-state index contributed by atoms with van der Waals surface area (Å²) in [5.41, 5.74) is 2.87. The Balaban J connectivity index is 1.75. The molecule has 0 amide bonds. The van der Waals surface area contributed by atoms with Gasteiger partial charge in [-0.1, -0.05) is 44.2 Å². The van der Waals surface area contributed by atoms with Gasteiger partial charge < -0.3 is 9.88 Å². The molecule has 1 aromatic carbocycles. The van der Waals surface area contributed by atoms with Crippen molar-refractivity contribution in [3.05, 3.63) is 59.9 Å². The molecule has 1 heterocycles. The summed E-state index contributed by atoms with van der Waals surface area (Å²) in [5.74, 6) is 0. The van der Waals surface area contributed by atoms with E-state index < -0.39 is 0 Å². The topological polar surface area (TPSA) is 17.0 Å². The number of hydrogen-bond donors (Lipinski definition) is 1. The molecule has 2 heteroatoms. The minimum atomic E-state index is 0.501. The van der Waals surface area contributed by atoms with Crippen molar-refractivity contribution >= 4 is 0 Å². The van der Waals surface area contributed by atoms with Crippen LogP contribution in [-0.4, -0.2) is 11.1 Å². The maximum absolute atomic E-state index is 3.54. The Morgan fingerprint density at radius 3 is 2.57 bits per heavy atom. The maximum atomic E-state index is 3.54. The first kappa shape index (κ1) is 15.8. The summed E-state index contributed by atoms with van der Waals surface area (Å²) >= 11 is 0. The van der Waals surface area contributed by atoms with Gasteiger partial charge in [-0.05, 0) is 49.4 Å². The van der Waals surface area contributed by atoms with Gasteiger partial charge in [-0.25, -0.2) is 0 Å². The lowest BCUT2D eigenvalue weighted by molar-refractivity contribution is 0.534. The molecular formula is C19H28N2. The lowest BCUT2D eigenvalue weighted by atomic mass is 10.1. The molecule has 2 nitrogen and oxygen atoms in total. The summed E-state index contributed by atoms with van der Waals surface area (Å²) in [6, 6.07) is 13.5. The van der Waals surface area contributed by atoms with Crippen LogP contribution in [0.15, 0.2) is 48.8 Å². The van der Waals surface area contributed by atoms with Crippen molar-refractivity contribution in [2.75, 3.05) is 6.54 Å². The van der Waals surface area contributed by atoms with Crippen LogP contribution < -0.4 is 5.32 Å². The third-order valence-electron chi connectivity index (χ3n) is 4.01. The molecule has 0 aliphatic heterocycles. The van der Waals surface area contributed by atoms with E-state index in [1.54, 1.807) is 0 Å². The first-order chi connectivity index (χ1) is 10.3. The Bertz CT molecular complexity index is 501. The summed E-state index contributed by atoms with van der Waals surface area (Å²) in [7, 11) is 0. The lowest BCUT2D eigenvalue weighted by Gasteiger charge is -2.14. The number of benzene rings is 1. The van der Waals surface area contributed by atoms with Gasteiger partial charge in [0.1, 0.15) is 0 Å². The zero-order valence-corrected chi connectivity index (χ0v) is 13.4. The quantitative estimate of drug-likeness (QED) is 0.667. The fourth-order valence-electron chi connectivity index (χ4n) is 2.82. The molecule has 1 unspecified atom stereocenters. The number of aryl methyl sites for hydroxylation is 2. The monoisotopic (exact) mass is 284 g/mol. The standard InChI is InChI=1S/C19H28N2/c1-3-19(20-4-2)18-13-15-21(16-18)14-9-8-12-17-10-6-5-7-11-17/h5-7,10-11,13,15-16,19-20H,3-4,8-9,12,14H2,1-2H3. The molecule has 0 bridgehead atoms. The van der Waals surface area contributed by atoms with E-state index in [0.29, 0.717) is 6.04 Å². The molecule has 0 aliphatic rings. The van der Waals surface area contributed by atoms with Gasteiger partial charge in [0.25, 0.3) is 0 Å². The second kappa shape index (κ2) is 8.68. The van der Waals surface area contributed by atoms with E-state index in [-0.39, 0.29) is 0 Å². The number of hydrogen-bond acceptors (Lipinski definition) is 1. The predicted octanol–water partition coefficient (Wildman–Crippen LogP) is 4.57. The Kier molecular flexibility index (Phi) is 6.55. The molecule has 21 heavy (non-hydrogen) atoms. The van der Waals surface area contributed by atoms with E-state index in [1.165, 1.54) is 30.4 Å². The average Bonchev–Trinajstić information content (AvgIpc) is 2.99. The molecule has 0 saturated heterocycles. The Morgan fingerprint density at radius 2 is 1.86 bits per heavy atom. The van der Waals surface area contributed by atoms with Crippen LogP contribution >= 0.6 is 0 Å². The first-order valence-corrected chi connectivity index (χ1v) is 8.26. The Labute approximate surface area is 129 Å². The van der Waals surface area contributed by atoms with Crippen LogP contribution in [-0.2, 0) is 13.0 Å². The summed E-state index contributed by atoms with van der Waals surface area (Å²) in [4.78, 5) is 0. The average molecular weight is 284 g/mol. The number of rotatable bonds is 9. The van der Waals surface area contributed by atoms with E-state index in [1.807, 2.05) is 0 Å². The van der Waals surface area contributed by atoms with Crippen molar-refractivity contribution in [3.63, 3.8) is 0 Å². The molecule has 0 aliphatic carbocycles. The lowest BCUT2D eigenvalue weighted by Crippen LogP contribution is -2.19. The van der Waals surface area contributed by atoms with Crippen LogP contribution in [0, 0.1) is 0 Å². The maximum Gasteiger partial charge on any atom is 0.0332 e. The van der Waals surface area contributed by atoms with E-state index in [0.717, 1.165) is 19.5 Å². The van der Waals surface area contributed by atoms with Gasteiger partial charge in [0.05, 0.1) is 0 Å². The second-order valence-corrected chi connectivity index (χ2v) is 5.64. The van der Waals surface area contributed by atoms with Crippen molar-refractivity contribution in [1.82, 2.24) is 9.88 Å².